The number of hydrogen-bond donors (Lipinski definition) is 2. The Morgan fingerprint density at radius 1 is 1.19 bits per heavy atom. The molecule has 8 nitrogen and oxygen atoms in total. The van der Waals surface area contributed by atoms with Gasteiger partial charge in [-0.05, 0) is 12.1 Å². The molecular weight excluding hydrogens is 367 g/mol. The van der Waals surface area contributed by atoms with Gasteiger partial charge < -0.3 is 20.1 Å². The van der Waals surface area contributed by atoms with E-state index in [0.717, 1.165) is 18.3 Å². The lowest BCUT2D eigenvalue weighted by atomic mass is 10.1. The number of pyridine rings is 1. The predicted octanol–water partition coefficient (Wildman–Crippen LogP) is 3.16. The molecule has 0 atom stereocenters. The first-order valence-electron chi connectivity index (χ1n) is 8.08. The standard InChI is InChI=1S/C16H16F3N5O3/c17-16(18,19)10-1-4-20-12(7-10)23-13-8-14(22-9-21-13)27-11-2-5-24(6-3-11)15(25)26/h1,4,7-9,11H,2-3,5-6H2,(H,25,26)(H,20,21,22,23). The number of carboxylic acid groups (broad SMARTS) is 1. The summed E-state index contributed by atoms with van der Waals surface area (Å²) in [5, 5.41) is 11.6. The van der Waals surface area contributed by atoms with Crippen LogP contribution in [0.1, 0.15) is 18.4 Å². The molecular formula is C16H16F3N5O3. The Balaban J connectivity index is 1.64. The van der Waals surface area contributed by atoms with E-state index in [2.05, 4.69) is 20.3 Å². The fourth-order valence-electron chi connectivity index (χ4n) is 2.61. The Morgan fingerprint density at radius 2 is 1.89 bits per heavy atom. The highest BCUT2D eigenvalue weighted by Gasteiger charge is 2.30. The Kier molecular flexibility index (Phi) is 5.28. The van der Waals surface area contributed by atoms with Gasteiger partial charge in [-0.2, -0.15) is 13.2 Å². The molecule has 11 heteroatoms. The maximum absolute atomic E-state index is 12.8. The van der Waals surface area contributed by atoms with Crippen molar-refractivity contribution in [1.82, 2.24) is 19.9 Å². The number of hydrogen-bond acceptors (Lipinski definition) is 6. The monoisotopic (exact) mass is 383 g/mol. The van der Waals surface area contributed by atoms with Gasteiger partial charge in [-0.25, -0.2) is 19.7 Å². The molecule has 0 radical (unpaired) electrons. The van der Waals surface area contributed by atoms with E-state index >= 15 is 0 Å². The minimum Gasteiger partial charge on any atom is -0.474 e. The molecule has 3 rings (SSSR count). The number of anilines is 2. The molecule has 2 N–H and O–H groups in total. The zero-order valence-electron chi connectivity index (χ0n) is 14.0. The third-order valence-corrected chi connectivity index (χ3v) is 3.99. The van der Waals surface area contributed by atoms with E-state index in [1.54, 1.807) is 0 Å². The van der Waals surface area contributed by atoms with Gasteiger partial charge in [-0.15, -0.1) is 0 Å². The van der Waals surface area contributed by atoms with Crippen molar-refractivity contribution in [2.45, 2.75) is 25.1 Å². The number of carbonyl (C=O) groups is 1. The summed E-state index contributed by atoms with van der Waals surface area (Å²) in [7, 11) is 0. The van der Waals surface area contributed by atoms with E-state index in [1.165, 1.54) is 17.3 Å². The maximum atomic E-state index is 12.8. The minimum atomic E-state index is -4.47. The lowest BCUT2D eigenvalue weighted by molar-refractivity contribution is -0.137. The topological polar surface area (TPSA) is 100 Å². The first kappa shape index (κ1) is 18.7. The zero-order valence-corrected chi connectivity index (χ0v) is 14.0. The summed E-state index contributed by atoms with van der Waals surface area (Å²) in [5.74, 6) is 0.465. The van der Waals surface area contributed by atoms with Gasteiger partial charge in [0.2, 0.25) is 5.88 Å². The van der Waals surface area contributed by atoms with Crippen molar-refractivity contribution in [2.75, 3.05) is 18.4 Å². The van der Waals surface area contributed by atoms with Gasteiger partial charge in [-0.1, -0.05) is 0 Å². The van der Waals surface area contributed by atoms with Gasteiger partial charge in [0.25, 0.3) is 0 Å². The van der Waals surface area contributed by atoms with Crippen molar-refractivity contribution in [3.05, 3.63) is 36.3 Å². The second-order valence-corrected chi connectivity index (χ2v) is 5.88. The Morgan fingerprint density at radius 3 is 2.56 bits per heavy atom. The smallest absolute Gasteiger partial charge is 0.416 e. The van der Waals surface area contributed by atoms with Crippen molar-refractivity contribution in [2.24, 2.45) is 0 Å². The first-order chi connectivity index (χ1) is 12.8. The molecule has 2 aromatic rings. The van der Waals surface area contributed by atoms with Gasteiger partial charge in [0, 0.05) is 38.2 Å². The van der Waals surface area contributed by atoms with Gasteiger partial charge in [0.15, 0.2) is 0 Å². The van der Waals surface area contributed by atoms with Crippen molar-refractivity contribution in [3.8, 4) is 5.88 Å². The molecule has 144 valence electrons. The molecule has 1 aliphatic heterocycles. The molecule has 0 aromatic carbocycles. The van der Waals surface area contributed by atoms with Gasteiger partial charge >= 0.3 is 12.3 Å². The summed E-state index contributed by atoms with van der Waals surface area (Å²) in [6, 6.07) is 3.21. The van der Waals surface area contributed by atoms with Crippen molar-refractivity contribution in [1.29, 1.82) is 0 Å². The van der Waals surface area contributed by atoms with E-state index in [9.17, 15) is 18.0 Å². The van der Waals surface area contributed by atoms with Crippen molar-refractivity contribution in [3.63, 3.8) is 0 Å². The van der Waals surface area contributed by atoms with Crippen LogP contribution in [0.3, 0.4) is 0 Å². The SMILES string of the molecule is O=C(O)N1CCC(Oc2cc(Nc3cc(C(F)(F)F)ccn3)ncn2)CC1. The zero-order chi connectivity index (χ0) is 19.4. The molecule has 0 spiro atoms. The number of likely N-dealkylation sites (tertiary alicyclic amines) is 1. The number of amides is 1. The first-order valence-corrected chi connectivity index (χ1v) is 8.08. The molecule has 0 bridgehead atoms. The average Bonchev–Trinajstić information content (AvgIpc) is 2.62. The van der Waals surface area contributed by atoms with E-state index < -0.39 is 17.8 Å². The van der Waals surface area contributed by atoms with Crippen LogP contribution in [0.25, 0.3) is 0 Å². The van der Waals surface area contributed by atoms with Crippen LogP contribution >= 0.6 is 0 Å². The predicted molar refractivity (Wildman–Crippen MR) is 87.8 cm³/mol. The third kappa shape index (κ3) is 4.96. The normalized spacial score (nSPS) is 15.4. The molecule has 1 fully saturated rings. The second kappa shape index (κ2) is 7.64. The summed E-state index contributed by atoms with van der Waals surface area (Å²) < 4.78 is 44.0. The van der Waals surface area contributed by atoms with Crippen LogP contribution in [-0.2, 0) is 6.18 Å². The molecule has 0 unspecified atom stereocenters. The highest BCUT2D eigenvalue weighted by molar-refractivity contribution is 5.65. The number of alkyl halides is 3. The quantitative estimate of drug-likeness (QED) is 0.836. The summed E-state index contributed by atoms with van der Waals surface area (Å²) in [6.45, 7) is 0.731. The number of rotatable bonds is 4. The summed E-state index contributed by atoms with van der Waals surface area (Å²) in [5.41, 5.74) is -0.823. The largest absolute Gasteiger partial charge is 0.474 e. The number of nitrogens with zero attached hydrogens (tertiary/aromatic N) is 4. The van der Waals surface area contributed by atoms with E-state index in [-0.39, 0.29) is 23.6 Å². The third-order valence-electron chi connectivity index (χ3n) is 3.99. The molecule has 2 aromatic heterocycles. The number of piperidine rings is 1. The fraction of sp³-hybridized carbons (Fsp3) is 0.375. The number of aromatic nitrogens is 3. The molecule has 0 aliphatic carbocycles. The molecule has 0 saturated carbocycles. The van der Waals surface area contributed by atoms with Crippen LogP contribution in [0.15, 0.2) is 30.7 Å². The van der Waals surface area contributed by atoms with Crippen LogP contribution in [0.4, 0.5) is 29.6 Å². The number of halogens is 3. The molecule has 3 heterocycles. The van der Waals surface area contributed by atoms with Gasteiger partial charge in [0.05, 0.1) is 5.56 Å². The Hall–Kier alpha value is -3.11. The summed E-state index contributed by atoms with van der Waals surface area (Å²) >= 11 is 0. The highest BCUT2D eigenvalue weighted by atomic mass is 19.4. The van der Waals surface area contributed by atoms with E-state index in [0.29, 0.717) is 25.9 Å². The van der Waals surface area contributed by atoms with Crippen LogP contribution in [0.2, 0.25) is 0 Å². The molecule has 27 heavy (non-hydrogen) atoms. The van der Waals surface area contributed by atoms with E-state index in [4.69, 9.17) is 9.84 Å². The van der Waals surface area contributed by atoms with Crippen molar-refractivity contribution >= 4 is 17.7 Å². The molecule has 1 aliphatic rings. The van der Waals surface area contributed by atoms with Gasteiger partial charge in [0.1, 0.15) is 24.1 Å². The van der Waals surface area contributed by atoms with Crippen LogP contribution in [0.5, 0.6) is 5.88 Å². The lowest BCUT2D eigenvalue weighted by Gasteiger charge is -2.29. The summed E-state index contributed by atoms with van der Waals surface area (Å²) in [6.07, 6.45) is -2.31. The lowest BCUT2D eigenvalue weighted by Crippen LogP contribution is -2.41. The van der Waals surface area contributed by atoms with Gasteiger partial charge in [-0.3, -0.25) is 0 Å². The van der Waals surface area contributed by atoms with Crippen LogP contribution in [0, 0.1) is 0 Å². The second-order valence-electron chi connectivity index (χ2n) is 5.88. The average molecular weight is 383 g/mol. The number of nitrogens with one attached hydrogen (secondary N) is 1. The highest BCUT2D eigenvalue weighted by Crippen LogP contribution is 2.30. The number of ether oxygens (including phenoxy) is 1. The molecule has 1 saturated heterocycles. The van der Waals surface area contributed by atoms with Crippen LogP contribution in [-0.4, -0.2) is 50.2 Å². The summed E-state index contributed by atoms with van der Waals surface area (Å²) in [4.78, 5) is 24.0. The molecule has 1 amide bonds. The Bertz CT molecular complexity index is 810. The van der Waals surface area contributed by atoms with Crippen molar-refractivity contribution < 1.29 is 27.8 Å². The maximum Gasteiger partial charge on any atom is 0.416 e. The Labute approximate surface area is 152 Å². The van der Waals surface area contributed by atoms with Crippen LogP contribution < -0.4 is 10.1 Å². The van der Waals surface area contributed by atoms with E-state index in [1.807, 2.05) is 0 Å². The fourth-order valence-corrected chi connectivity index (χ4v) is 2.61. The minimum absolute atomic E-state index is 0.00996.